The average molecular weight is 365 g/mol. The molecule has 0 radical (unpaired) electrons. The highest BCUT2D eigenvalue weighted by molar-refractivity contribution is 5.83. The van der Waals surface area contributed by atoms with E-state index < -0.39 is 11.7 Å². The molecule has 27 heavy (non-hydrogen) atoms. The van der Waals surface area contributed by atoms with Crippen LogP contribution in [0.15, 0.2) is 84.9 Å². The third kappa shape index (κ3) is 3.49. The Kier molecular flexibility index (Phi) is 4.28. The minimum Gasteiger partial charge on any atom is -0.438 e. The van der Waals surface area contributed by atoms with Crippen LogP contribution in [0.5, 0.6) is 11.6 Å². The van der Waals surface area contributed by atoms with Gasteiger partial charge in [0, 0.05) is 17.0 Å². The Bertz CT molecular complexity index is 1090. The molecule has 2 nitrogen and oxygen atoms in total. The molecule has 0 aliphatic rings. The molecule has 0 N–H and O–H groups in total. The lowest BCUT2D eigenvalue weighted by molar-refractivity contribution is -0.136. The number of aromatic nitrogens is 1. The molecule has 0 amide bonds. The topological polar surface area (TPSA) is 22.1 Å². The smallest absolute Gasteiger partial charge is 0.417 e. The minimum atomic E-state index is -4.50. The van der Waals surface area contributed by atoms with Crippen LogP contribution in [-0.2, 0) is 6.18 Å². The summed E-state index contributed by atoms with van der Waals surface area (Å²) in [6.45, 7) is 0. The van der Waals surface area contributed by atoms with Gasteiger partial charge < -0.3 is 4.74 Å². The van der Waals surface area contributed by atoms with Crippen molar-refractivity contribution in [3.8, 4) is 22.8 Å². The van der Waals surface area contributed by atoms with E-state index in [1.165, 1.54) is 6.07 Å². The Hall–Kier alpha value is -3.34. The fraction of sp³-hybridized carbons (Fsp3) is 0.0455. The molecule has 0 unspecified atom stereocenters. The predicted octanol–water partition coefficient (Wildman–Crippen LogP) is 6.71. The van der Waals surface area contributed by atoms with E-state index in [1.54, 1.807) is 30.3 Å². The number of hydrogen-bond donors (Lipinski definition) is 0. The van der Waals surface area contributed by atoms with Gasteiger partial charge in [-0.15, -0.1) is 0 Å². The van der Waals surface area contributed by atoms with Crippen LogP contribution in [0.1, 0.15) is 5.56 Å². The molecule has 0 bridgehead atoms. The highest BCUT2D eigenvalue weighted by Gasteiger charge is 2.33. The first-order valence-corrected chi connectivity index (χ1v) is 8.32. The standard InChI is InChI=1S/C22H14F3NO/c23-22(24,25)18-14-21(26-19-12-6-4-11-17(18)19)27-20-13-7-5-10-16(20)15-8-2-1-3-9-15/h1-14H. The third-order valence-corrected chi connectivity index (χ3v) is 4.18. The molecule has 134 valence electrons. The Morgan fingerprint density at radius 3 is 2.19 bits per heavy atom. The van der Waals surface area contributed by atoms with Crippen molar-refractivity contribution in [2.45, 2.75) is 6.18 Å². The van der Waals surface area contributed by atoms with Gasteiger partial charge in [-0.2, -0.15) is 13.2 Å². The maximum Gasteiger partial charge on any atom is 0.417 e. The van der Waals surface area contributed by atoms with Crippen LogP contribution in [0.3, 0.4) is 0 Å². The van der Waals surface area contributed by atoms with E-state index in [4.69, 9.17) is 4.74 Å². The molecule has 0 aliphatic carbocycles. The number of rotatable bonds is 3. The van der Waals surface area contributed by atoms with Crippen LogP contribution in [0, 0.1) is 0 Å². The lowest BCUT2D eigenvalue weighted by Gasteiger charge is -2.14. The van der Waals surface area contributed by atoms with Gasteiger partial charge >= 0.3 is 6.18 Å². The number of alkyl halides is 3. The Morgan fingerprint density at radius 2 is 1.41 bits per heavy atom. The van der Waals surface area contributed by atoms with Crippen LogP contribution in [0.25, 0.3) is 22.0 Å². The Labute approximate surface area is 153 Å². The summed E-state index contributed by atoms with van der Waals surface area (Å²) in [7, 11) is 0. The number of ether oxygens (including phenoxy) is 1. The third-order valence-electron chi connectivity index (χ3n) is 4.18. The maximum absolute atomic E-state index is 13.5. The van der Waals surface area contributed by atoms with Gasteiger partial charge in [0.1, 0.15) is 5.75 Å². The van der Waals surface area contributed by atoms with Gasteiger partial charge in [-0.1, -0.05) is 66.7 Å². The lowest BCUT2D eigenvalue weighted by atomic mass is 10.0. The van der Waals surface area contributed by atoms with E-state index in [9.17, 15) is 13.2 Å². The molecule has 4 rings (SSSR count). The molecule has 0 aliphatic heterocycles. The van der Waals surface area contributed by atoms with Gasteiger partial charge in [0.05, 0.1) is 11.1 Å². The van der Waals surface area contributed by atoms with E-state index in [0.29, 0.717) is 5.75 Å². The molecule has 0 spiro atoms. The number of benzene rings is 3. The first-order chi connectivity index (χ1) is 13.0. The molecule has 0 saturated carbocycles. The van der Waals surface area contributed by atoms with E-state index in [1.807, 2.05) is 42.5 Å². The summed E-state index contributed by atoms with van der Waals surface area (Å²) in [5, 5.41) is 0.0497. The molecule has 0 saturated heterocycles. The van der Waals surface area contributed by atoms with Gasteiger partial charge in [-0.3, -0.25) is 0 Å². The van der Waals surface area contributed by atoms with Crippen molar-refractivity contribution in [1.29, 1.82) is 0 Å². The summed E-state index contributed by atoms with van der Waals surface area (Å²) in [5.41, 5.74) is 1.16. The molecule has 1 aromatic heterocycles. The Morgan fingerprint density at radius 1 is 0.741 bits per heavy atom. The van der Waals surface area contributed by atoms with Gasteiger partial charge in [-0.05, 0) is 17.7 Å². The lowest BCUT2D eigenvalue weighted by Crippen LogP contribution is -2.07. The van der Waals surface area contributed by atoms with E-state index in [-0.39, 0.29) is 16.8 Å². The quantitative estimate of drug-likeness (QED) is 0.402. The molecule has 0 atom stereocenters. The zero-order valence-corrected chi connectivity index (χ0v) is 14.1. The van der Waals surface area contributed by atoms with Gasteiger partial charge in [-0.25, -0.2) is 4.98 Å². The van der Waals surface area contributed by atoms with Crippen LogP contribution >= 0.6 is 0 Å². The summed E-state index contributed by atoms with van der Waals surface area (Å²) in [6.07, 6.45) is -4.50. The van der Waals surface area contributed by atoms with Crippen molar-refractivity contribution in [1.82, 2.24) is 4.98 Å². The van der Waals surface area contributed by atoms with E-state index in [0.717, 1.165) is 17.2 Å². The number of halogens is 3. The summed E-state index contributed by atoms with van der Waals surface area (Å²) in [5.74, 6) is 0.351. The zero-order chi connectivity index (χ0) is 18.9. The Balaban J connectivity index is 1.82. The second kappa shape index (κ2) is 6.76. The number of pyridine rings is 1. The molecule has 1 heterocycles. The van der Waals surface area contributed by atoms with Gasteiger partial charge in [0.15, 0.2) is 0 Å². The SMILES string of the molecule is FC(F)(F)c1cc(Oc2ccccc2-c2ccccc2)nc2ccccc12. The van der Waals surface area contributed by atoms with Crippen LogP contribution in [0.4, 0.5) is 13.2 Å². The first kappa shape index (κ1) is 17.1. The average Bonchev–Trinajstić information content (AvgIpc) is 2.68. The number of fused-ring (bicyclic) bond motifs is 1. The summed E-state index contributed by atoms with van der Waals surface area (Å²) in [6, 6.07) is 23.8. The fourth-order valence-corrected chi connectivity index (χ4v) is 2.96. The van der Waals surface area contributed by atoms with Crippen molar-refractivity contribution >= 4 is 10.9 Å². The fourth-order valence-electron chi connectivity index (χ4n) is 2.96. The van der Waals surface area contributed by atoms with Crippen molar-refractivity contribution in [3.63, 3.8) is 0 Å². The van der Waals surface area contributed by atoms with Crippen molar-refractivity contribution < 1.29 is 17.9 Å². The monoisotopic (exact) mass is 365 g/mol. The molecule has 0 fully saturated rings. The van der Waals surface area contributed by atoms with Crippen molar-refractivity contribution in [2.24, 2.45) is 0 Å². The van der Waals surface area contributed by atoms with Crippen molar-refractivity contribution in [2.75, 3.05) is 0 Å². The van der Waals surface area contributed by atoms with Crippen LogP contribution in [0.2, 0.25) is 0 Å². The number of hydrogen-bond acceptors (Lipinski definition) is 2. The summed E-state index contributed by atoms with van der Waals surface area (Å²) < 4.78 is 46.3. The largest absolute Gasteiger partial charge is 0.438 e. The second-order valence-electron chi connectivity index (χ2n) is 5.99. The van der Waals surface area contributed by atoms with E-state index >= 15 is 0 Å². The maximum atomic E-state index is 13.5. The van der Waals surface area contributed by atoms with Gasteiger partial charge in [0.25, 0.3) is 0 Å². The molecule has 4 aromatic rings. The van der Waals surface area contributed by atoms with E-state index in [2.05, 4.69) is 4.98 Å². The summed E-state index contributed by atoms with van der Waals surface area (Å²) >= 11 is 0. The molecule has 5 heteroatoms. The predicted molar refractivity (Wildman–Crippen MR) is 98.7 cm³/mol. The van der Waals surface area contributed by atoms with Crippen LogP contribution in [-0.4, -0.2) is 4.98 Å². The zero-order valence-electron chi connectivity index (χ0n) is 14.1. The first-order valence-electron chi connectivity index (χ1n) is 8.32. The number of nitrogens with zero attached hydrogens (tertiary/aromatic N) is 1. The summed E-state index contributed by atoms with van der Waals surface area (Å²) in [4.78, 5) is 4.26. The highest BCUT2D eigenvalue weighted by Crippen LogP contribution is 2.38. The number of para-hydroxylation sites is 2. The minimum absolute atomic E-state index is 0.0497. The van der Waals surface area contributed by atoms with Crippen molar-refractivity contribution in [3.05, 3.63) is 90.5 Å². The van der Waals surface area contributed by atoms with Gasteiger partial charge in [0.2, 0.25) is 5.88 Å². The molecule has 3 aromatic carbocycles. The molecular weight excluding hydrogens is 351 g/mol. The highest BCUT2D eigenvalue weighted by atomic mass is 19.4. The van der Waals surface area contributed by atoms with Crippen LogP contribution < -0.4 is 4.74 Å². The molecular formula is C22H14F3NO. The normalized spacial score (nSPS) is 11.5. The second-order valence-corrected chi connectivity index (χ2v) is 5.99.